The molecule has 2 atom stereocenters. The average molecular weight is 837 g/mol. The molecule has 0 amide bonds. The van der Waals surface area contributed by atoms with Crippen LogP contribution < -0.4 is 5.32 Å². The minimum atomic E-state index is -2.47. The zero-order valence-corrected chi connectivity index (χ0v) is 31.9. The van der Waals surface area contributed by atoms with E-state index in [2.05, 4.69) is 107 Å². The first-order valence-corrected chi connectivity index (χ1v) is 22.0. The first-order chi connectivity index (χ1) is 18.8. The number of hydrogen-bond donors (Lipinski definition) is 3. The van der Waals surface area contributed by atoms with Crippen LogP contribution in [0.4, 0.5) is 5.69 Å². The summed E-state index contributed by atoms with van der Waals surface area (Å²) in [6.45, 7) is 16.3. The Bertz CT molecular complexity index is 1410. The second kappa shape index (κ2) is 12.9. The summed E-state index contributed by atoms with van der Waals surface area (Å²) in [6, 6.07) is 13.3. The Morgan fingerprint density at radius 3 is 2.12 bits per heavy atom. The van der Waals surface area contributed by atoms with Crippen molar-refractivity contribution >= 4 is 79.1 Å². The Morgan fingerprint density at radius 1 is 1.00 bits per heavy atom. The third kappa shape index (κ3) is 8.13. The number of alkyl halides is 1. The summed E-state index contributed by atoms with van der Waals surface area (Å²) < 4.78 is 6.99. The van der Waals surface area contributed by atoms with E-state index in [0.717, 1.165) is 26.8 Å². The Hall–Kier alpha value is -1.03. The molecule has 0 saturated heterocycles. The summed E-state index contributed by atoms with van der Waals surface area (Å²) >= 11 is 11.0. The van der Waals surface area contributed by atoms with Crippen molar-refractivity contribution < 1.29 is 14.0 Å². The van der Waals surface area contributed by atoms with Gasteiger partial charge in [-0.1, -0.05) is 74.0 Å². The van der Waals surface area contributed by atoms with Crippen LogP contribution in [0.3, 0.4) is 0 Å². The second-order valence-corrected chi connectivity index (χ2v) is 24.9. The molecule has 0 saturated carbocycles. The molecule has 0 fully saturated rings. The molecule has 12 heteroatoms. The lowest BCUT2D eigenvalue weighted by Gasteiger charge is -2.38. The van der Waals surface area contributed by atoms with Gasteiger partial charge in [-0.05, 0) is 102 Å². The van der Waals surface area contributed by atoms with Gasteiger partial charge in [-0.3, -0.25) is 0 Å². The van der Waals surface area contributed by atoms with Crippen LogP contribution in [0.5, 0.6) is 0 Å². The summed E-state index contributed by atoms with van der Waals surface area (Å²) in [6.07, 6.45) is 1.50. The van der Waals surface area contributed by atoms with Crippen LogP contribution >= 0.6 is 56.8 Å². The van der Waals surface area contributed by atoms with Crippen molar-refractivity contribution in [3.05, 3.63) is 62.0 Å². The molecule has 3 aromatic rings. The fraction of sp³-hybridized carbons (Fsp3) is 0.483. The maximum absolute atomic E-state index is 11.0. The Labute approximate surface area is 278 Å². The van der Waals surface area contributed by atoms with Crippen molar-refractivity contribution in [3.63, 3.8) is 0 Å². The van der Waals surface area contributed by atoms with E-state index in [1.54, 1.807) is 6.07 Å². The predicted molar refractivity (Wildman–Crippen MR) is 189 cm³/mol. The molecule has 0 aliphatic carbocycles. The van der Waals surface area contributed by atoms with Gasteiger partial charge in [-0.25, -0.2) is 0 Å². The lowest BCUT2D eigenvalue weighted by atomic mass is 10.0. The molecule has 3 rings (SSSR count). The number of nitriles is 1. The van der Waals surface area contributed by atoms with Crippen LogP contribution in [0, 0.1) is 14.9 Å². The number of benzene rings is 2. The standard InChI is InChI=1S/C29H39ClI2N4O3Si2/c1-28(2,40(5,6)37)15-18-9-11-19(12-10-18)26-35-36-27(39-26)25(21(31)16-29(3,4)41(7,8)38)34-22-14-13-20(17-33)23(30)24(22)32/h9-14,21,25,34,37-38H,15-16H2,1-8H3/t21-,25+/m0/s1. The number of nitrogens with zero attached hydrogens (tertiary/aromatic N) is 3. The predicted octanol–water partition coefficient (Wildman–Crippen LogP) is 8.71. The minimum absolute atomic E-state index is 0.0179. The second-order valence-electron chi connectivity index (χ2n) is 12.9. The molecular formula is C29H39ClI2N4O3Si2. The lowest BCUT2D eigenvalue weighted by Crippen LogP contribution is -2.41. The van der Waals surface area contributed by atoms with E-state index in [4.69, 9.17) is 16.0 Å². The van der Waals surface area contributed by atoms with Gasteiger partial charge in [0.05, 0.1) is 14.2 Å². The molecule has 222 valence electrons. The van der Waals surface area contributed by atoms with E-state index in [1.165, 1.54) is 0 Å². The Balaban J connectivity index is 1.95. The van der Waals surface area contributed by atoms with Crippen molar-refractivity contribution in [3.8, 4) is 17.5 Å². The van der Waals surface area contributed by atoms with Crippen LogP contribution in [0.2, 0.25) is 41.3 Å². The maximum Gasteiger partial charge on any atom is 0.247 e. The average Bonchev–Trinajstić information content (AvgIpc) is 3.33. The van der Waals surface area contributed by atoms with E-state index in [0.29, 0.717) is 28.8 Å². The van der Waals surface area contributed by atoms with Gasteiger partial charge in [0.2, 0.25) is 11.8 Å². The van der Waals surface area contributed by atoms with Crippen LogP contribution in [0.1, 0.15) is 57.2 Å². The molecule has 0 unspecified atom stereocenters. The molecule has 3 N–H and O–H groups in total. The highest BCUT2D eigenvalue weighted by Crippen LogP contribution is 2.45. The molecule has 0 aliphatic rings. The molecular weight excluding hydrogens is 798 g/mol. The van der Waals surface area contributed by atoms with Gasteiger partial charge >= 0.3 is 0 Å². The Kier molecular flexibility index (Phi) is 10.9. The quantitative estimate of drug-likeness (QED) is 0.101. The van der Waals surface area contributed by atoms with E-state index < -0.39 is 16.6 Å². The van der Waals surface area contributed by atoms with Gasteiger partial charge in [0, 0.05) is 15.2 Å². The van der Waals surface area contributed by atoms with Crippen molar-refractivity contribution in [2.24, 2.45) is 0 Å². The SMILES string of the molecule is CC(C)(Cc1ccc(-c2nnc([C@H](Nc3ccc(C#N)c(Cl)c3I)[C@@H](I)CC(C)(C)[Si](C)(C)O)o2)cc1)[Si](C)(C)O. The molecule has 1 aromatic heterocycles. The molecule has 0 spiro atoms. The zero-order valence-electron chi connectivity index (χ0n) is 24.8. The van der Waals surface area contributed by atoms with E-state index in [9.17, 15) is 14.9 Å². The van der Waals surface area contributed by atoms with Gasteiger partial charge in [0.15, 0.2) is 16.6 Å². The highest BCUT2D eigenvalue weighted by molar-refractivity contribution is 14.1. The highest BCUT2D eigenvalue weighted by atomic mass is 127. The number of rotatable bonds is 11. The van der Waals surface area contributed by atoms with Gasteiger partial charge < -0.3 is 19.3 Å². The fourth-order valence-electron chi connectivity index (χ4n) is 4.05. The highest BCUT2D eigenvalue weighted by Gasteiger charge is 2.42. The molecule has 0 radical (unpaired) electrons. The van der Waals surface area contributed by atoms with Gasteiger partial charge in [0.1, 0.15) is 12.1 Å². The number of aromatic nitrogens is 2. The molecule has 0 aliphatic heterocycles. The first-order valence-electron chi connectivity index (χ1n) is 13.4. The zero-order chi connectivity index (χ0) is 31.0. The largest absolute Gasteiger partial charge is 0.432 e. The number of nitrogens with one attached hydrogen (secondary N) is 1. The summed E-state index contributed by atoms with van der Waals surface area (Å²) in [5.74, 6) is 0.851. The van der Waals surface area contributed by atoms with Crippen molar-refractivity contribution in [2.75, 3.05) is 5.32 Å². The fourth-order valence-corrected chi connectivity index (χ4v) is 8.24. The van der Waals surface area contributed by atoms with E-state index in [1.807, 2.05) is 44.4 Å². The maximum atomic E-state index is 11.0. The molecule has 41 heavy (non-hydrogen) atoms. The lowest BCUT2D eigenvalue weighted by molar-refractivity contribution is 0.417. The molecule has 7 nitrogen and oxygen atoms in total. The Morgan fingerprint density at radius 2 is 1.59 bits per heavy atom. The first kappa shape index (κ1) is 34.5. The number of anilines is 1. The van der Waals surface area contributed by atoms with Gasteiger partial charge in [0.25, 0.3) is 0 Å². The summed E-state index contributed by atoms with van der Waals surface area (Å²) in [7, 11) is -4.80. The number of halogens is 3. The summed E-state index contributed by atoms with van der Waals surface area (Å²) in [5, 5.41) is 21.7. The van der Waals surface area contributed by atoms with E-state index >= 15 is 0 Å². The smallest absolute Gasteiger partial charge is 0.247 e. The van der Waals surface area contributed by atoms with Gasteiger partial charge in [-0.15, -0.1) is 10.2 Å². The van der Waals surface area contributed by atoms with Crippen molar-refractivity contribution in [2.45, 2.75) is 86.8 Å². The third-order valence-corrected chi connectivity index (χ3v) is 18.4. The van der Waals surface area contributed by atoms with E-state index in [-0.39, 0.29) is 20.0 Å². The van der Waals surface area contributed by atoms with Crippen LogP contribution in [0.25, 0.3) is 11.5 Å². The van der Waals surface area contributed by atoms with Crippen molar-refractivity contribution in [1.29, 1.82) is 5.26 Å². The van der Waals surface area contributed by atoms with Crippen molar-refractivity contribution in [1.82, 2.24) is 10.2 Å². The molecule has 2 aromatic carbocycles. The number of hydrogen-bond acceptors (Lipinski definition) is 7. The van der Waals surface area contributed by atoms with Crippen LogP contribution in [0.15, 0.2) is 40.8 Å². The molecule has 1 heterocycles. The minimum Gasteiger partial charge on any atom is -0.432 e. The summed E-state index contributed by atoms with van der Waals surface area (Å²) in [5.41, 5.74) is 3.14. The normalized spacial score (nSPS) is 14.4. The van der Waals surface area contributed by atoms with Gasteiger partial charge in [-0.2, -0.15) is 5.26 Å². The monoisotopic (exact) mass is 836 g/mol. The third-order valence-electron chi connectivity index (χ3n) is 8.45. The molecule has 0 bridgehead atoms. The summed E-state index contributed by atoms with van der Waals surface area (Å²) in [4.78, 5) is 21.7. The van der Waals surface area contributed by atoms with Crippen LogP contribution in [-0.4, -0.2) is 40.3 Å². The topological polar surface area (TPSA) is 115 Å². The van der Waals surface area contributed by atoms with Crippen LogP contribution in [-0.2, 0) is 6.42 Å².